The molecule has 1 N–H and O–H groups in total. The van der Waals surface area contributed by atoms with Crippen LogP contribution in [-0.4, -0.2) is 25.3 Å². The van der Waals surface area contributed by atoms with Crippen LogP contribution < -0.4 is 10.1 Å². The van der Waals surface area contributed by atoms with Crippen molar-refractivity contribution in [2.75, 3.05) is 13.2 Å². The molecule has 4 nitrogen and oxygen atoms in total. The van der Waals surface area contributed by atoms with Crippen LogP contribution in [0.3, 0.4) is 0 Å². The predicted octanol–water partition coefficient (Wildman–Crippen LogP) is 1.17. The van der Waals surface area contributed by atoms with E-state index in [9.17, 15) is 4.79 Å². The average Bonchev–Trinajstić information content (AvgIpc) is 2.63. The first-order valence-electron chi connectivity index (χ1n) is 4.47. The van der Waals surface area contributed by atoms with Gasteiger partial charge < -0.3 is 14.8 Å². The van der Waals surface area contributed by atoms with E-state index in [4.69, 9.17) is 9.47 Å². The second-order valence-electron chi connectivity index (χ2n) is 3.03. The zero-order valence-corrected chi connectivity index (χ0v) is 7.60. The van der Waals surface area contributed by atoms with Gasteiger partial charge in [-0.05, 0) is 12.1 Å². The molecule has 1 aromatic carbocycles. The van der Waals surface area contributed by atoms with Crippen LogP contribution >= 0.6 is 0 Å². The molecule has 1 aliphatic rings. The SMILES string of the molecule is O=C1NC[C@@H](COc2ccccc2)O1. The molecule has 0 unspecified atom stereocenters. The van der Waals surface area contributed by atoms with E-state index in [1.165, 1.54) is 0 Å². The van der Waals surface area contributed by atoms with Gasteiger partial charge in [0.2, 0.25) is 0 Å². The second-order valence-corrected chi connectivity index (χ2v) is 3.03. The predicted molar refractivity (Wildman–Crippen MR) is 50.2 cm³/mol. The molecule has 1 aliphatic heterocycles. The number of hydrogen-bond donors (Lipinski definition) is 1. The van der Waals surface area contributed by atoms with Crippen LogP contribution in [0.2, 0.25) is 0 Å². The number of ether oxygens (including phenoxy) is 2. The zero-order chi connectivity index (χ0) is 9.80. The van der Waals surface area contributed by atoms with Crippen LogP contribution in [0.4, 0.5) is 4.79 Å². The van der Waals surface area contributed by atoms with Crippen LogP contribution in [0.15, 0.2) is 30.3 Å². The van der Waals surface area contributed by atoms with E-state index in [0.29, 0.717) is 13.2 Å². The molecule has 1 aromatic rings. The Morgan fingerprint density at radius 1 is 1.43 bits per heavy atom. The van der Waals surface area contributed by atoms with Gasteiger partial charge in [0, 0.05) is 0 Å². The van der Waals surface area contributed by atoms with Gasteiger partial charge in [0.1, 0.15) is 12.4 Å². The van der Waals surface area contributed by atoms with E-state index >= 15 is 0 Å². The summed E-state index contributed by atoms with van der Waals surface area (Å²) >= 11 is 0. The minimum Gasteiger partial charge on any atom is -0.490 e. The smallest absolute Gasteiger partial charge is 0.407 e. The summed E-state index contributed by atoms with van der Waals surface area (Å²) in [5.74, 6) is 0.787. The fourth-order valence-electron chi connectivity index (χ4n) is 1.23. The molecule has 74 valence electrons. The van der Waals surface area contributed by atoms with E-state index in [-0.39, 0.29) is 12.2 Å². The molecule has 2 rings (SSSR count). The number of hydrogen-bond acceptors (Lipinski definition) is 3. The highest BCUT2D eigenvalue weighted by atomic mass is 16.6. The minimum absolute atomic E-state index is 0.178. The average molecular weight is 193 g/mol. The van der Waals surface area contributed by atoms with Gasteiger partial charge in [-0.15, -0.1) is 0 Å². The number of nitrogens with one attached hydrogen (secondary N) is 1. The van der Waals surface area contributed by atoms with Crippen molar-refractivity contribution in [3.63, 3.8) is 0 Å². The second kappa shape index (κ2) is 4.00. The van der Waals surface area contributed by atoms with Gasteiger partial charge in [0.25, 0.3) is 0 Å². The highest BCUT2D eigenvalue weighted by molar-refractivity contribution is 5.69. The number of rotatable bonds is 3. The number of carbonyl (C=O) groups excluding carboxylic acids is 1. The molecule has 1 amide bonds. The topological polar surface area (TPSA) is 47.6 Å². The maximum absolute atomic E-state index is 10.7. The Labute approximate surface area is 81.8 Å². The van der Waals surface area contributed by atoms with Crippen LogP contribution in [0, 0.1) is 0 Å². The molecular formula is C10H11NO3. The van der Waals surface area contributed by atoms with Gasteiger partial charge in [0.15, 0.2) is 6.10 Å². The first-order valence-corrected chi connectivity index (χ1v) is 4.47. The Hall–Kier alpha value is -1.71. The number of benzene rings is 1. The maximum atomic E-state index is 10.7. The molecule has 0 aliphatic carbocycles. The van der Waals surface area contributed by atoms with Crippen molar-refractivity contribution in [1.82, 2.24) is 5.32 Å². The van der Waals surface area contributed by atoms with Gasteiger partial charge in [-0.25, -0.2) is 4.79 Å². The molecule has 1 heterocycles. The molecule has 1 saturated heterocycles. The molecule has 0 spiro atoms. The number of amides is 1. The van der Waals surface area contributed by atoms with E-state index < -0.39 is 0 Å². The maximum Gasteiger partial charge on any atom is 0.407 e. The number of para-hydroxylation sites is 1. The first-order chi connectivity index (χ1) is 6.84. The lowest BCUT2D eigenvalue weighted by Crippen LogP contribution is -2.21. The lowest BCUT2D eigenvalue weighted by atomic mass is 10.3. The molecule has 0 radical (unpaired) electrons. The van der Waals surface area contributed by atoms with Gasteiger partial charge in [-0.3, -0.25) is 0 Å². The fourth-order valence-corrected chi connectivity index (χ4v) is 1.23. The van der Waals surface area contributed by atoms with E-state index in [0.717, 1.165) is 5.75 Å². The van der Waals surface area contributed by atoms with Gasteiger partial charge in [-0.2, -0.15) is 0 Å². The monoisotopic (exact) mass is 193 g/mol. The van der Waals surface area contributed by atoms with Crippen molar-refractivity contribution < 1.29 is 14.3 Å². The molecular weight excluding hydrogens is 182 g/mol. The Balaban J connectivity index is 1.80. The fraction of sp³-hybridized carbons (Fsp3) is 0.300. The van der Waals surface area contributed by atoms with Crippen molar-refractivity contribution in [2.24, 2.45) is 0 Å². The van der Waals surface area contributed by atoms with Crippen LogP contribution in [-0.2, 0) is 4.74 Å². The van der Waals surface area contributed by atoms with Crippen molar-refractivity contribution in [2.45, 2.75) is 6.10 Å². The molecule has 4 heteroatoms. The van der Waals surface area contributed by atoms with Crippen LogP contribution in [0.1, 0.15) is 0 Å². The molecule has 1 atom stereocenters. The Morgan fingerprint density at radius 2 is 2.21 bits per heavy atom. The molecule has 0 aromatic heterocycles. The highest BCUT2D eigenvalue weighted by Gasteiger charge is 2.22. The van der Waals surface area contributed by atoms with E-state index in [1.807, 2.05) is 30.3 Å². The van der Waals surface area contributed by atoms with Crippen molar-refractivity contribution in [1.29, 1.82) is 0 Å². The third kappa shape index (κ3) is 2.16. The summed E-state index contributed by atoms with van der Waals surface area (Å²) in [4.78, 5) is 10.7. The Kier molecular flexibility index (Phi) is 2.53. The van der Waals surface area contributed by atoms with Gasteiger partial charge in [-0.1, -0.05) is 18.2 Å². The first kappa shape index (κ1) is 8.87. The van der Waals surface area contributed by atoms with Gasteiger partial charge >= 0.3 is 6.09 Å². The summed E-state index contributed by atoms with van der Waals surface area (Å²) in [6.45, 7) is 0.911. The third-order valence-corrected chi connectivity index (χ3v) is 1.93. The molecule has 0 saturated carbocycles. The number of carbonyl (C=O) groups is 1. The van der Waals surface area contributed by atoms with E-state index in [2.05, 4.69) is 5.32 Å². The number of alkyl carbamates (subject to hydrolysis) is 1. The van der Waals surface area contributed by atoms with E-state index in [1.54, 1.807) is 0 Å². The van der Waals surface area contributed by atoms with Crippen LogP contribution in [0.25, 0.3) is 0 Å². The molecule has 14 heavy (non-hydrogen) atoms. The quantitative estimate of drug-likeness (QED) is 0.784. The third-order valence-electron chi connectivity index (χ3n) is 1.93. The highest BCUT2D eigenvalue weighted by Crippen LogP contribution is 2.10. The summed E-state index contributed by atoms with van der Waals surface area (Å²) in [5, 5.41) is 2.56. The summed E-state index contributed by atoms with van der Waals surface area (Å²) in [6.07, 6.45) is -0.547. The Morgan fingerprint density at radius 3 is 2.86 bits per heavy atom. The standard InChI is InChI=1S/C10H11NO3/c12-10-11-6-9(14-10)7-13-8-4-2-1-3-5-8/h1-5,9H,6-7H2,(H,11,12)/t9-/m0/s1. The van der Waals surface area contributed by atoms with Crippen molar-refractivity contribution >= 4 is 6.09 Å². The lowest BCUT2D eigenvalue weighted by Gasteiger charge is -2.09. The van der Waals surface area contributed by atoms with Crippen molar-refractivity contribution in [3.8, 4) is 5.75 Å². The summed E-state index contributed by atoms with van der Waals surface area (Å²) in [6, 6.07) is 9.45. The lowest BCUT2D eigenvalue weighted by molar-refractivity contribution is 0.105. The normalized spacial score (nSPS) is 20.0. The van der Waals surface area contributed by atoms with Gasteiger partial charge in [0.05, 0.1) is 6.54 Å². The Bertz CT molecular complexity index is 312. The number of cyclic esters (lactones) is 1. The largest absolute Gasteiger partial charge is 0.490 e. The summed E-state index contributed by atoms with van der Waals surface area (Å²) in [7, 11) is 0. The zero-order valence-electron chi connectivity index (χ0n) is 7.60. The van der Waals surface area contributed by atoms with Crippen LogP contribution in [0.5, 0.6) is 5.75 Å². The molecule has 0 bridgehead atoms. The summed E-state index contributed by atoms with van der Waals surface area (Å²) in [5.41, 5.74) is 0. The minimum atomic E-state index is -0.369. The molecule has 1 fully saturated rings. The van der Waals surface area contributed by atoms with Crippen molar-refractivity contribution in [3.05, 3.63) is 30.3 Å². The summed E-state index contributed by atoms with van der Waals surface area (Å²) < 4.78 is 10.3.